The standard InChI is InChI=1S/C12H11N5/c13-7-11-8-17-12(9-16-11)15-6-4-10-3-1-2-5-14-10/h1-3,5,8-9H,4,6H2,(H,15,17). The van der Waals surface area contributed by atoms with Gasteiger partial charge < -0.3 is 5.32 Å². The zero-order valence-electron chi connectivity index (χ0n) is 9.17. The van der Waals surface area contributed by atoms with Crippen molar-refractivity contribution in [2.45, 2.75) is 6.42 Å². The Morgan fingerprint density at radius 3 is 2.76 bits per heavy atom. The van der Waals surface area contributed by atoms with E-state index in [2.05, 4.69) is 20.3 Å². The van der Waals surface area contributed by atoms with Crippen LogP contribution in [0.15, 0.2) is 36.8 Å². The quantitative estimate of drug-likeness (QED) is 0.851. The van der Waals surface area contributed by atoms with Crippen molar-refractivity contribution < 1.29 is 0 Å². The highest BCUT2D eigenvalue weighted by molar-refractivity contribution is 5.33. The molecule has 0 spiro atoms. The van der Waals surface area contributed by atoms with Crippen LogP contribution in [0.5, 0.6) is 0 Å². The Kier molecular flexibility index (Phi) is 3.61. The molecule has 1 N–H and O–H groups in total. The predicted octanol–water partition coefficient (Wildman–Crippen LogP) is 1.40. The van der Waals surface area contributed by atoms with E-state index in [0.29, 0.717) is 11.5 Å². The van der Waals surface area contributed by atoms with Gasteiger partial charge in [0, 0.05) is 24.9 Å². The van der Waals surface area contributed by atoms with Gasteiger partial charge in [0.25, 0.3) is 0 Å². The number of anilines is 1. The average molecular weight is 225 g/mol. The van der Waals surface area contributed by atoms with E-state index in [-0.39, 0.29) is 0 Å². The number of hydrogen-bond acceptors (Lipinski definition) is 5. The third kappa shape index (κ3) is 3.24. The minimum Gasteiger partial charge on any atom is -0.368 e. The molecule has 0 atom stereocenters. The van der Waals surface area contributed by atoms with Crippen molar-refractivity contribution in [2.24, 2.45) is 0 Å². The molecule has 0 aliphatic carbocycles. The molecule has 0 aliphatic heterocycles. The molecule has 5 heteroatoms. The summed E-state index contributed by atoms with van der Waals surface area (Å²) in [5.41, 5.74) is 1.35. The van der Waals surface area contributed by atoms with Gasteiger partial charge >= 0.3 is 0 Å². The molecule has 5 nitrogen and oxygen atoms in total. The highest BCUT2D eigenvalue weighted by Gasteiger charge is 1.97. The normalized spacial score (nSPS) is 9.59. The van der Waals surface area contributed by atoms with E-state index in [1.807, 2.05) is 24.3 Å². The molecule has 0 saturated heterocycles. The molecule has 0 aliphatic rings. The Morgan fingerprint density at radius 2 is 2.12 bits per heavy atom. The second-order valence-electron chi connectivity index (χ2n) is 3.40. The SMILES string of the molecule is N#Cc1cnc(NCCc2ccccn2)cn1. The highest BCUT2D eigenvalue weighted by atomic mass is 15.0. The Morgan fingerprint density at radius 1 is 1.18 bits per heavy atom. The summed E-state index contributed by atoms with van der Waals surface area (Å²) in [6.45, 7) is 0.734. The molecule has 0 fully saturated rings. The van der Waals surface area contributed by atoms with Crippen LogP contribution in [0.2, 0.25) is 0 Å². The Hall–Kier alpha value is -2.48. The highest BCUT2D eigenvalue weighted by Crippen LogP contribution is 2.01. The van der Waals surface area contributed by atoms with Crippen molar-refractivity contribution in [3.05, 3.63) is 48.2 Å². The topological polar surface area (TPSA) is 74.5 Å². The number of nitrogens with zero attached hydrogens (tertiary/aromatic N) is 4. The lowest BCUT2D eigenvalue weighted by atomic mass is 10.3. The molecule has 0 aromatic carbocycles. The van der Waals surface area contributed by atoms with Gasteiger partial charge in [-0.2, -0.15) is 5.26 Å². The summed E-state index contributed by atoms with van der Waals surface area (Å²) in [5, 5.41) is 11.7. The van der Waals surface area contributed by atoms with Crippen molar-refractivity contribution in [1.29, 1.82) is 5.26 Å². The third-order valence-electron chi connectivity index (χ3n) is 2.18. The summed E-state index contributed by atoms with van der Waals surface area (Å²) >= 11 is 0. The van der Waals surface area contributed by atoms with E-state index in [9.17, 15) is 0 Å². The molecule has 2 heterocycles. The lowest BCUT2D eigenvalue weighted by Crippen LogP contribution is -2.07. The molecule has 2 rings (SSSR count). The molecule has 0 bridgehead atoms. The number of hydrogen-bond donors (Lipinski definition) is 1. The molecule has 0 radical (unpaired) electrons. The molecule has 17 heavy (non-hydrogen) atoms. The lowest BCUT2D eigenvalue weighted by molar-refractivity contribution is 0.950. The van der Waals surface area contributed by atoms with Crippen LogP contribution in [0.4, 0.5) is 5.82 Å². The molecule has 0 amide bonds. The van der Waals surface area contributed by atoms with Gasteiger partial charge in [0.1, 0.15) is 11.9 Å². The van der Waals surface area contributed by atoms with Crippen molar-refractivity contribution in [3.63, 3.8) is 0 Å². The minimum absolute atomic E-state index is 0.320. The van der Waals surface area contributed by atoms with E-state index in [4.69, 9.17) is 5.26 Å². The second kappa shape index (κ2) is 5.56. The van der Waals surface area contributed by atoms with Crippen LogP contribution in [0.1, 0.15) is 11.4 Å². The molecule has 84 valence electrons. The summed E-state index contributed by atoms with van der Waals surface area (Å²) < 4.78 is 0. The van der Waals surface area contributed by atoms with E-state index in [1.165, 1.54) is 6.20 Å². The summed E-state index contributed by atoms with van der Waals surface area (Å²) in [6.07, 6.45) is 5.60. The first kappa shape index (κ1) is 11.0. The van der Waals surface area contributed by atoms with Crippen LogP contribution in [0.3, 0.4) is 0 Å². The van der Waals surface area contributed by atoms with Crippen LogP contribution in [-0.2, 0) is 6.42 Å². The molecular formula is C12H11N5. The molecule has 0 saturated carbocycles. The van der Waals surface area contributed by atoms with Gasteiger partial charge in [-0.15, -0.1) is 0 Å². The average Bonchev–Trinajstić information content (AvgIpc) is 2.41. The van der Waals surface area contributed by atoms with Gasteiger partial charge in [0.2, 0.25) is 0 Å². The largest absolute Gasteiger partial charge is 0.368 e. The lowest BCUT2D eigenvalue weighted by Gasteiger charge is -2.04. The number of aromatic nitrogens is 3. The first-order chi connectivity index (χ1) is 8.38. The van der Waals surface area contributed by atoms with Crippen LogP contribution in [0.25, 0.3) is 0 Å². The predicted molar refractivity (Wildman–Crippen MR) is 63.2 cm³/mol. The smallest absolute Gasteiger partial charge is 0.158 e. The van der Waals surface area contributed by atoms with Gasteiger partial charge in [-0.05, 0) is 12.1 Å². The van der Waals surface area contributed by atoms with Gasteiger partial charge in [0.15, 0.2) is 5.69 Å². The van der Waals surface area contributed by atoms with Gasteiger partial charge in [-0.3, -0.25) is 4.98 Å². The zero-order chi connectivity index (χ0) is 11.9. The van der Waals surface area contributed by atoms with Crippen molar-refractivity contribution >= 4 is 5.82 Å². The van der Waals surface area contributed by atoms with E-state index < -0.39 is 0 Å². The van der Waals surface area contributed by atoms with Crippen LogP contribution < -0.4 is 5.32 Å². The fraction of sp³-hybridized carbons (Fsp3) is 0.167. The maximum Gasteiger partial charge on any atom is 0.158 e. The van der Waals surface area contributed by atoms with Gasteiger partial charge in [-0.25, -0.2) is 9.97 Å². The van der Waals surface area contributed by atoms with E-state index >= 15 is 0 Å². The van der Waals surface area contributed by atoms with E-state index in [1.54, 1.807) is 12.4 Å². The fourth-order valence-electron chi connectivity index (χ4n) is 1.34. The first-order valence-electron chi connectivity index (χ1n) is 5.24. The van der Waals surface area contributed by atoms with Crippen molar-refractivity contribution in [3.8, 4) is 6.07 Å². The maximum absolute atomic E-state index is 8.57. The van der Waals surface area contributed by atoms with Crippen LogP contribution >= 0.6 is 0 Å². The summed E-state index contributed by atoms with van der Waals surface area (Å²) in [7, 11) is 0. The van der Waals surface area contributed by atoms with Gasteiger partial charge in [0.05, 0.1) is 12.4 Å². The zero-order valence-corrected chi connectivity index (χ0v) is 9.17. The van der Waals surface area contributed by atoms with Crippen molar-refractivity contribution in [1.82, 2.24) is 15.0 Å². The molecule has 2 aromatic rings. The van der Waals surface area contributed by atoms with Crippen molar-refractivity contribution in [2.75, 3.05) is 11.9 Å². The Bertz CT molecular complexity index is 501. The Labute approximate surface area is 99.2 Å². The maximum atomic E-state index is 8.57. The summed E-state index contributed by atoms with van der Waals surface area (Å²) in [6, 6.07) is 7.76. The monoisotopic (exact) mass is 225 g/mol. The van der Waals surface area contributed by atoms with E-state index in [0.717, 1.165) is 18.7 Å². The summed E-state index contributed by atoms with van der Waals surface area (Å²) in [4.78, 5) is 12.2. The minimum atomic E-state index is 0.320. The van der Waals surface area contributed by atoms with Gasteiger partial charge in [-0.1, -0.05) is 6.07 Å². The van der Waals surface area contributed by atoms with Crippen LogP contribution in [-0.4, -0.2) is 21.5 Å². The Balaban J connectivity index is 1.84. The number of nitriles is 1. The summed E-state index contributed by atoms with van der Waals surface area (Å²) in [5.74, 6) is 0.667. The molecule has 0 unspecified atom stereocenters. The fourth-order valence-corrected chi connectivity index (χ4v) is 1.34. The number of nitrogens with one attached hydrogen (secondary N) is 1. The first-order valence-corrected chi connectivity index (χ1v) is 5.24. The molecular weight excluding hydrogens is 214 g/mol. The molecule has 2 aromatic heterocycles. The third-order valence-corrected chi connectivity index (χ3v) is 2.18. The number of pyridine rings is 1. The number of rotatable bonds is 4. The van der Waals surface area contributed by atoms with Crippen LogP contribution in [0, 0.1) is 11.3 Å². The second-order valence-corrected chi connectivity index (χ2v) is 3.40.